The van der Waals surface area contributed by atoms with Gasteiger partial charge in [0.15, 0.2) is 6.79 Å². The molecule has 0 radical (unpaired) electrons. The molecule has 4 nitrogen and oxygen atoms in total. The lowest BCUT2D eigenvalue weighted by Gasteiger charge is -2.39. The van der Waals surface area contributed by atoms with Gasteiger partial charge in [-0.15, -0.1) is 0 Å². The average molecular weight is 306 g/mol. The first-order valence-electron chi connectivity index (χ1n) is 8.26. The average Bonchev–Trinajstić information content (AvgIpc) is 2.40. The first kappa shape index (κ1) is 16.9. The molecule has 0 aliphatic heterocycles. The number of anilines is 2. The fourth-order valence-electron chi connectivity index (χ4n) is 3.62. The largest absolute Gasteiger partial charge is 0.467 e. The maximum atomic E-state index is 6.11. The molecule has 2 unspecified atom stereocenters. The minimum Gasteiger partial charge on any atom is -0.467 e. The Kier molecular flexibility index (Phi) is 5.57. The van der Waals surface area contributed by atoms with Crippen LogP contribution in [0.15, 0.2) is 18.2 Å². The van der Waals surface area contributed by atoms with Crippen LogP contribution in [-0.2, 0) is 4.74 Å². The number of ether oxygens (including phenoxy) is 2. The van der Waals surface area contributed by atoms with Crippen LogP contribution >= 0.6 is 0 Å². The van der Waals surface area contributed by atoms with E-state index >= 15 is 0 Å². The van der Waals surface area contributed by atoms with Crippen molar-refractivity contribution in [2.45, 2.75) is 53.0 Å². The van der Waals surface area contributed by atoms with E-state index in [1.165, 1.54) is 19.3 Å². The van der Waals surface area contributed by atoms with Crippen LogP contribution in [0.2, 0.25) is 0 Å². The number of rotatable bonds is 6. The lowest BCUT2D eigenvalue weighted by molar-refractivity contribution is 0.0224. The molecule has 0 amide bonds. The van der Waals surface area contributed by atoms with Gasteiger partial charge in [-0.05, 0) is 49.7 Å². The molecule has 1 aromatic rings. The Morgan fingerprint density at radius 1 is 1.32 bits per heavy atom. The molecule has 1 saturated carbocycles. The van der Waals surface area contributed by atoms with Gasteiger partial charge in [0.2, 0.25) is 0 Å². The summed E-state index contributed by atoms with van der Waals surface area (Å²) in [5.74, 6) is 1.52. The fraction of sp³-hybridized carbons (Fsp3) is 0.667. The molecule has 2 atom stereocenters. The van der Waals surface area contributed by atoms with Crippen LogP contribution in [0.3, 0.4) is 0 Å². The van der Waals surface area contributed by atoms with Crippen LogP contribution in [0.25, 0.3) is 0 Å². The van der Waals surface area contributed by atoms with Crippen molar-refractivity contribution < 1.29 is 9.47 Å². The highest BCUT2D eigenvalue weighted by Crippen LogP contribution is 2.40. The molecule has 1 aliphatic carbocycles. The second kappa shape index (κ2) is 7.23. The summed E-state index contributed by atoms with van der Waals surface area (Å²) in [5, 5.41) is 3.62. The Hall–Kier alpha value is -1.42. The van der Waals surface area contributed by atoms with E-state index in [4.69, 9.17) is 15.2 Å². The Morgan fingerprint density at radius 2 is 2.09 bits per heavy atom. The van der Waals surface area contributed by atoms with Gasteiger partial charge in [0.05, 0.1) is 11.4 Å². The SMILES string of the molecule is CCOCOc1ccc(N)c(NC2CC(C)CC(C)(C)C2)c1. The van der Waals surface area contributed by atoms with Crippen LogP contribution in [0.5, 0.6) is 5.75 Å². The predicted octanol–water partition coefficient (Wildman–Crippen LogP) is 4.27. The van der Waals surface area contributed by atoms with Crippen LogP contribution in [0, 0.1) is 11.3 Å². The molecule has 1 aliphatic rings. The third-order valence-electron chi connectivity index (χ3n) is 4.28. The molecular formula is C18H30N2O2. The Morgan fingerprint density at radius 3 is 2.77 bits per heavy atom. The maximum absolute atomic E-state index is 6.11. The van der Waals surface area contributed by atoms with E-state index in [1.807, 2.05) is 25.1 Å². The number of nitrogens with one attached hydrogen (secondary N) is 1. The lowest BCUT2D eigenvalue weighted by Crippen LogP contribution is -2.35. The van der Waals surface area contributed by atoms with Crippen molar-refractivity contribution in [3.63, 3.8) is 0 Å². The predicted molar refractivity (Wildman–Crippen MR) is 92.2 cm³/mol. The summed E-state index contributed by atoms with van der Waals surface area (Å²) < 4.78 is 10.8. The third-order valence-corrected chi connectivity index (χ3v) is 4.28. The van der Waals surface area contributed by atoms with Gasteiger partial charge in [0.25, 0.3) is 0 Å². The van der Waals surface area contributed by atoms with Crippen molar-refractivity contribution in [2.24, 2.45) is 11.3 Å². The van der Waals surface area contributed by atoms with Crippen molar-refractivity contribution in [2.75, 3.05) is 24.5 Å². The zero-order chi connectivity index (χ0) is 16.2. The topological polar surface area (TPSA) is 56.5 Å². The maximum Gasteiger partial charge on any atom is 0.189 e. The van der Waals surface area contributed by atoms with Crippen molar-refractivity contribution in [1.82, 2.24) is 0 Å². The van der Waals surface area contributed by atoms with E-state index in [9.17, 15) is 0 Å². The Balaban J connectivity index is 2.03. The van der Waals surface area contributed by atoms with Crippen molar-refractivity contribution in [3.8, 4) is 5.75 Å². The molecule has 1 fully saturated rings. The highest BCUT2D eigenvalue weighted by molar-refractivity contribution is 5.68. The number of hydrogen-bond donors (Lipinski definition) is 2. The minimum absolute atomic E-state index is 0.271. The van der Waals surface area contributed by atoms with Crippen molar-refractivity contribution >= 4 is 11.4 Å². The van der Waals surface area contributed by atoms with E-state index in [0.29, 0.717) is 18.1 Å². The summed E-state index contributed by atoms with van der Waals surface area (Å²) in [6.45, 7) is 9.90. The van der Waals surface area contributed by atoms with Gasteiger partial charge in [-0.3, -0.25) is 0 Å². The molecule has 0 saturated heterocycles. The number of nitrogen functional groups attached to an aromatic ring is 1. The van der Waals surface area contributed by atoms with E-state index in [2.05, 4.69) is 26.1 Å². The molecule has 2 rings (SSSR count). The van der Waals surface area contributed by atoms with E-state index in [1.54, 1.807) is 0 Å². The Bertz CT molecular complexity index is 488. The van der Waals surface area contributed by atoms with Gasteiger partial charge in [-0.2, -0.15) is 0 Å². The number of benzene rings is 1. The van der Waals surface area contributed by atoms with Crippen molar-refractivity contribution in [3.05, 3.63) is 18.2 Å². The molecular weight excluding hydrogens is 276 g/mol. The first-order chi connectivity index (χ1) is 10.4. The zero-order valence-corrected chi connectivity index (χ0v) is 14.3. The van der Waals surface area contributed by atoms with Crippen LogP contribution < -0.4 is 15.8 Å². The molecule has 3 N–H and O–H groups in total. The monoisotopic (exact) mass is 306 g/mol. The molecule has 0 aromatic heterocycles. The van der Waals surface area contributed by atoms with Gasteiger partial charge in [-0.25, -0.2) is 0 Å². The molecule has 1 aromatic carbocycles. The zero-order valence-electron chi connectivity index (χ0n) is 14.3. The second-order valence-corrected chi connectivity index (χ2v) is 7.26. The molecule has 0 spiro atoms. The molecule has 4 heteroatoms. The second-order valence-electron chi connectivity index (χ2n) is 7.26. The Labute approximate surface area is 134 Å². The number of nitrogens with two attached hydrogens (primary N) is 1. The van der Waals surface area contributed by atoms with E-state index < -0.39 is 0 Å². The summed E-state index contributed by atoms with van der Waals surface area (Å²) in [4.78, 5) is 0. The van der Waals surface area contributed by atoms with Crippen LogP contribution in [-0.4, -0.2) is 19.4 Å². The van der Waals surface area contributed by atoms with Crippen LogP contribution in [0.1, 0.15) is 47.0 Å². The molecule has 124 valence electrons. The quantitative estimate of drug-likeness (QED) is 0.468. The van der Waals surface area contributed by atoms with Gasteiger partial charge < -0.3 is 20.5 Å². The van der Waals surface area contributed by atoms with E-state index in [-0.39, 0.29) is 6.79 Å². The summed E-state index contributed by atoms with van der Waals surface area (Å²) in [6, 6.07) is 6.21. The third kappa shape index (κ3) is 4.80. The fourth-order valence-corrected chi connectivity index (χ4v) is 3.62. The van der Waals surface area contributed by atoms with Crippen LogP contribution in [0.4, 0.5) is 11.4 Å². The first-order valence-corrected chi connectivity index (χ1v) is 8.26. The van der Waals surface area contributed by atoms with E-state index in [0.717, 1.165) is 23.0 Å². The lowest BCUT2D eigenvalue weighted by atomic mass is 9.70. The van der Waals surface area contributed by atoms with Gasteiger partial charge in [-0.1, -0.05) is 20.8 Å². The normalized spacial score (nSPS) is 24.0. The van der Waals surface area contributed by atoms with Gasteiger partial charge in [0, 0.05) is 18.7 Å². The molecule has 22 heavy (non-hydrogen) atoms. The van der Waals surface area contributed by atoms with Crippen molar-refractivity contribution in [1.29, 1.82) is 0 Å². The smallest absolute Gasteiger partial charge is 0.189 e. The highest BCUT2D eigenvalue weighted by Gasteiger charge is 2.32. The standard InChI is InChI=1S/C18H30N2O2/c1-5-21-12-22-15-6-7-16(19)17(9-15)20-14-8-13(2)10-18(3,4)11-14/h6-7,9,13-14,20H,5,8,10-12,19H2,1-4H3. The number of hydrogen-bond acceptors (Lipinski definition) is 4. The van der Waals surface area contributed by atoms with Gasteiger partial charge in [0.1, 0.15) is 5.75 Å². The minimum atomic E-state index is 0.271. The summed E-state index contributed by atoms with van der Waals surface area (Å²) in [7, 11) is 0. The summed E-state index contributed by atoms with van der Waals surface area (Å²) >= 11 is 0. The highest BCUT2D eigenvalue weighted by atomic mass is 16.7. The molecule has 0 heterocycles. The molecule has 0 bridgehead atoms. The van der Waals surface area contributed by atoms with Gasteiger partial charge >= 0.3 is 0 Å². The summed E-state index contributed by atoms with van der Waals surface area (Å²) in [5.41, 5.74) is 8.22. The summed E-state index contributed by atoms with van der Waals surface area (Å²) in [6.07, 6.45) is 3.64.